The highest BCUT2D eigenvalue weighted by molar-refractivity contribution is 9.10. The first-order valence-electron chi connectivity index (χ1n) is 10.6. The number of pyridine rings is 1. The number of halogens is 1. The number of esters is 1. The van der Waals surface area contributed by atoms with Gasteiger partial charge in [-0.05, 0) is 30.3 Å². The summed E-state index contributed by atoms with van der Waals surface area (Å²) in [5.74, 6) is 0.427. The lowest BCUT2D eigenvalue weighted by Gasteiger charge is -2.15. The van der Waals surface area contributed by atoms with Crippen LogP contribution in [0.3, 0.4) is 0 Å². The van der Waals surface area contributed by atoms with Gasteiger partial charge in [-0.25, -0.2) is 9.78 Å². The molecule has 0 N–H and O–H groups in total. The molecule has 1 aromatic heterocycles. The van der Waals surface area contributed by atoms with Crippen molar-refractivity contribution < 1.29 is 28.5 Å². The number of nitrogens with zero attached hydrogens (tertiary/aromatic N) is 1. The lowest BCUT2D eigenvalue weighted by atomic mass is 10.0. The second-order valence-electron chi connectivity index (χ2n) is 7.47. The van der Waals surface area contributed by atoms with Gasteiger partial charge in [-0.3, -0.25) is 4.79 Å². The second kappa shape index (κ2) is 10.6. The van der Waals surface area contributed by atoms with Gasteiger partial charge in [-0.2, -0.15) is 0 Å². The summed E-state index contributed by atoms with van der Waals surface area (Å²) in [5, 5.41) is 0.613. The minimum atomic E-state index is -0.627. The highest BCUT2D eigenvalue weighted by Gasteiger charge is 2.20. The maximum atomic E-state index is 13.1. The number of carbonyl (C=O) groups is 2. The fraction of sp³-hybridized carbons (Fsp3) is 0.148. The summed E-state index contributed by atoms with van der Waals surface area (Å²) in [4.78, 5) is 30.4. The lowest BCUT2D eigenvalue weighted by molar-refractivity contribution is 0.0476. The average Bonchev–Trinajstić information content (AvgIpc) is 2.90. The first kappa shape index (κ1) is 24.2. The number of carbonyl (C=O) groups excluding carboxylic acids is 2. The number of ether oxygens (including phenoxy) is 4. The van der Waals surface area contributed by atoms with Crippen LogP contribution in [-0.4, -0.2) is 44.7 Å². The average molecular weight is 536 g/mol. The van der Waals surface area contributed by atoms with E-state index in [0.29, 0.717) is 55.0 Å². The molecule has 3 aromatic carbocycles. The highest BCUT2D eigenvalue weighted by atomic mass is 79.9. The van der Waals surface area contributed by atoms with E-state index in [2.05, 4.69) is 15.9 Å². The molecule has 7 nitrogen and oxygen atoms in total. The van der Waals surface area contributed by atoms with Crippen LogP contribution in [0, 0.1) is 0 Å². The van der Waals surface area contributed by atoms with Gasteiger partial charge in [0.1, 0.15) is 0 Å². The second-order valence-corrected chi connectivity index (χ2v) is 8.32. The molecule has 0 aliphatic heterocycles. The zero-order chi connectivity index (χ0) is 24.9. The Bertz CT molecular complexity index is 1390. The Kier molecular flexibility index (Phi) is 7.31. The zero-order valence-electron chi connectivity index (χ0n) is 19.3. The molecule has 0 spiro atoms. The van der Waals surface area contributed by atoms with Crippen molar-refractivity contribution in [1.29, 1.82) is 0 Å². The Hall–Kier alpha value is -3.91. The summed E-state index contributed by atoms with van der Waals surface area (Å²) < 4.78 is 22.4. The number of hydrogen-bond acceptors (Lipinski definition) is 7. The van der Waals surface area contributed by atoms with Crippen molar-refractivity contribution >= 4 is 38.6 Å². The minimum absolute atomic E-state index is 0.291. The number of fused-ring (bicyclic) bond motifs is 1. The van der Waals surface area contributed by atoms with Crippen LogP contribution in [0.25, 0.3) is 22.2 Å². The van der Waals surface area contributed by atoms with E-state index >= 15 is 0 Å². The molecule has 4 aromatic rings. The molecule has 0 atom stereocenters. The summed E-state index contributed by atoms with van der Waals surface area (Å²) in [6.45, 7) is -0.391. The van der Waals surface area contributed by atoms with Crippen molar-refractivity contribution in [2.75, 3.05) is 27.9 Å². The Morgan fingerprint density at radius 1 is 0.829 bits per heavy atom. The standard InChI is InChI=1S/C27H22BrNO6/c1-32-24-12-16(13-25(33-2)26(24)34-3)22-14-19(17-8-5-7-11-21(17)29-22)27(31)35-15-23(30)18-9-4-6-10-20(18)28/h4-14H,15H2,1-3H3. The molecule has 8 heteroatoms. The van der Waals surface area contributed by atoms with E-state index in [4.69, 9.17) is 23.9 Å². The van der Waals surface area contributed by atoms with Crippen LogP contribution in [0.1, 0.15) is 20.7 Å². The fourth-order valence-corrected chi connectivity index (χ4v) is 4.20. The van der Waals surface area contributed by atoms with Crippen LogP contribution < -0.4 is 14.2 Å². The van der Waals surface area contributed by atoms with Gasteiger partial charge in [-0.1, -0.05) is 52.3 Å². The van der Waals surface area contributed by atoms with Crippen molar-refractivity contribution in [3.63, 3.8) is 0 Å². The van der Waals surface area contributed by atoms with E-state index in [1.807, 2.05) is 12.1 Å². The Morgan fingerprint density at radius 3 is 2.14 bits per heavy atom. The summed E-state index contributed by atoms with van der Waals surface area (Å²) in [5.41, 5.74) is 2.50. The quantitative estimate of drug-likeness (QED) is 0.210. The SMILES string of the molecule is COc1cc(-c2cc(C(=O)OCC(=O)c3ccccc3Br)c3ccccc3n2)cc(OC)c1OC. The van der Waals surface area contributed by atoms with Crippen LogP contribution in [0.5, 0.6) is 17.2 Å². The van der Waals surface area contributed by atoms with Crippen LogP contribution in [0.2, 0.25) is 0 Å². The van der Waals surface area contributed by atoms with E-state index in [1.54, 1.807) is 54.6 Å². The first-order chi connectivity index (χ1) is 17.0. The van der Waals surface area contributed by atoms with Crippen LogP contribution in [0.15, 0.2) is 71.2 Å². The summed E-state index contributed by atoms with van der Waals surface area (Å²) in [6, 6.07) is 19.4. The molecule has 0 aliphatic carbocycles. The molecule has 0 saturated carbocycles. The van der Waals surface area contributed by atoms with Gasteiger partial charge < -0.3 is 18.9 Å². The molecular weight excluding hydrogens is 514 g/mol. The van der Waals surface area contributed by atoms with Crippen molar-refractivity contribution in [3.8, 4) is 28.5 Å². The fourth-order valence-electron chi connectivity index (χ4n) is 3.70. The Labute approximate surface area is 210 Å². The molecule has 0 fully saturated rings. The van der Waals surface area contributed by atoms with Crippen molar-refractivity contribution in [1.82, 2.24) is 4.98 Å². The predicted octanol–water partition coefficient (Wildman–Crippen LogP) is 5.73. The van der Waals surface area contributed by atoms with Gasteiger partial charge in [0.25, 0.3) is 0 Å². The van der Waals surface area contributed by atoms with Gasteiger partial charge in [0.15, 0.2) is 18.1 Å². The molecule has 0 saturated heterocycles. The van der Waals surface area contributed by atoms with Crippen molar-refractivity contribution in [2.45, 2.75) is 0 Å². The van der Waals surface area contributed by atoms with E-state index in [0.717, 1.165) is 0 Å². The molecule has 0 amide bonds. The third-order valence-corrected chi connectivity index (χ3v) is 6.10. The number of rotatable bonds is 8. The summed E-state index contributed by atoms with van der Waals surface area (Å²) in [7, 11) is 4.58. The summed E-state index contributed by atoms with van der Waals surface area (Å²) >= 11 is 3.35. The third kappa shape index (κ3) is 4.97. The predicted molar refractivity (Wildman–Crippen MR) is 136 cm³/mol. The monoisotopic (exact) mass is 535 g/mol. The maximum Gasteiger partial charge on any atom is 0.339 e. The first-order valence-corrected chi connectivity index (χ1v) is 11.4. The van der Waals surface area contributed by atoms with E-state index in [-0.39, 0.29) is 5.78 Å². The lowest BCUT2D eigenvalue weighted by Crippen LogP contribution is -2.15. The van der Waals surface area contributed by atoms with E-state index in [9.17, 15) is 9.59 Å². The number of para-hydroxylation sites is 1. The molecule has 35 heavy (non-hydrogen) atoms. The van der Waals surface area contributed by atoms with E-state index < -0.39 is 12.6 Å². The number of ketones is 1. The maximum absolute atomic E-state index is 13.1. The van der Waals surface area contributed by atoms with Gasteiger partial charge in [0.2, 0.25) is 11.5 Å². The number of benzene rings is 3. The number of aromatic nitrogens is 1. The Balaban J connectivity index is 1.72. The molecule has 1 heterocycles. The topological polar surface area (TPSA) is 84.0 Å². The van der Waals surface area contributed by atoms with Gasteiger partial charge >= 0.3 is 5.97 Å². The number of hydrogen-bond donors (Lipinski definition) is 0. The van der Waals surface area contributed by atoms with Gasteiger partial charge in [0.05, 0.1) is 38.1 Å². The molecule has 4 rings (SSSR count). The van der Waals surface area contributed by atoms with Gasteiger partial charge in [0, 0.05) is 21.0 Å². The van der Waals surface area contributed by atoms with Crippen molar-refractivity contribution in [3.05, 3.63) is 82.3 Å². The van der Waals surface area contributed by atoms with E-state index in [1.165, 1.54) is 21.3 Å². The third-order valence-electron chi connectivity index (χ3n) is 5.41. The molecule has 178 valence electrons. The Morgan fingerprint density at radius 2 is 1.49 bits per heavy atom. The zero-order valence-corrected chi connectivity index (χ0v) is 20.9. The van der Waals surface area contributed by atoms with Crippen LogP contribution in [-0.2, 0) is 4.74 Å². The smallest absolute Gasteiger partial charge is 0.339 e. The highest BCUT2D eigenvalue weighted by Crippen LogP contribution is 2.41. The largest absolute Gasteiger partial charge is 0.493 e. The molecule has 0 unspecified atom stereocenters. The van der Waals surface area contributed by atoms with Crippen LogP contribution in [0.4, 0.5) is 0 Å². The molecular formula is C27H22BrNO6. The number of Topliss-reactive ketones (excluding diaryl/α,β-unsaturated/α-hetero) is 1. The molecule has 0 aliphatic rings. The van der Waals surface area contributed by atoms with Crippen molar-refractivity contribution in [2.24, 2.45) is 0 Å². The molecule has 0 bridgehead atoms. The van der Waals surface area contributed by atoms with Crippen LogP contribution >= 0.6 is 15.9 Å². The molecule has 0 radical (unpaired) electrons. The van der Waals surface area contributed by atoms with Gasteiger partial charge in [-0.15, -0.1) is 0 Å². The number of methoxy groups -OCH3 is 3. The summed E-state index contributed by atoms with van der Waals surface area (Å²) in [6.07, 6.45) is 0. The normalized spacial score (nSPS) is 10.6. The minimum Gasteiger partial charge on any atom is -0.493 e.